The van der Waals surface area contributed by atoms with E-state index in [0.717, 1.165) is 5.92 Å². The summed E-state index contributed by atoms with van der Waals surface area (Å²) in [5.74, 6) is 0.858. The van der Waals surface area contributed by atoms with Crippen LogP contribution in [0.3, 0.4) is 0 Å². The third-order valence-corrected chi connectivity index (χ3v) is 3.63. The van der Waals surface area contributed by atoms with Gasteiger partial charge in [0.15, 0.2) is 8.32 Å². The van der Waals surface area contributed by atoms with Crippen LogP contribution < -0.4 is 0 Å². The lowest BCUT2D eigenvalue weighted by Gasteiger charge is -2.27. The maximum atomic E-state index is 6.14. The highest BCUT2D eigenvalue weighted by Crippen LogP contribution is 2.32. The normalized spacial score (nSPS) is 31.0. The highest BCUT2D eigenvalue weighted by molar-refractivity contribution is 6.69. The van der Waals surface area contributed by atoms with E-state index in [0.29, 0.717) is 6.10 Å². The summed E-state index contributed by atoms with van der Waals surface area (Å²) in [7, 11) is -1.28. The quantitative estimate of drug-likeness (QED) is 0.614. The highest BCUT2D eigenvalue weighted by atomic mass is 28.4. The minimum Gasteiger partial charge on any atom is -0.414 e. The summed E-state index contributed by atoms with van der Waals surface area (Å²) in [5.41, 5.74) is 0. The lowest BCUT2D eigenvalue weighted by molar-refractivity contribution is 0.149. The van der Waals surface area contributed by atoms with Crippen molar-refractivity contribution >= 4 is 8.32 Å². The molecule has 0 bridgehead atoms. The monoisotopic (exact) mass is 186 g/mol. The van der Waals surface area contributed by atoms with E-state index in [4.69, 9.17) is 4.43 Å². The lowest BCUT2D eigenvalue weighted by atomic mass is 10.0. The first kappa shape index (κ1) is 10.3. The first-order valence-electron chi connectivity index (χ1n) is 5.21. The molecule has 1 aliphatic rings. The van der Waals surface area contributed by atoms with Crippen LogP contribution in [0.1, 0.15) is 32.6 Å². The molecule has 2 atom stereocenters. The Morgan fingerprint density at radius 3 is 2.42 bits per heavy atom. The molecule has 0 N–H and O–H groups in total. The van der Waals surface area contributed by atoms with Gasteiger partial charge in [-0.3, -0.25) is 0 Å². The molecule has 0 amide bonds. The molecule has 0 aliphatic heterocycles. The largest absolute Gasteiger partial charge is 0.414 e. The number of rotatable bonds is 3. The SMILES string of the molecule is CCC1CCCC1O[Si](C)(C)C. The molecule has 0 spiro atoms. The topological polar surface area (TPSA) is 9.23 Å². The fraction of sp³-hybridized carbons (Fsp3) is 1.00. The van der Waals surface area contributed by atoms with Crippen LogP contribution in [0.2, 0.25) is 19.6 Å². The minimum absolute atomic E-state index is 0.599. The van der Waals surface area contributed by atoms with Gasteiger partial charge < -0.3 is 4.43 Å². The van der Waals surface area contributed by atoms with Crippen molar-refractivity contribution in [2.45, 2.75) is 58.4 Å². The summed E-state index contributed by atoms with van der Waals surface area (Å²) in [6.07, 6.45) is 5.98. The van der Waals surface area contributed by atoms with Crippen LogP contribution in [0.4, 0.5) is 0 Å². The van der Waals surface area contributed by atoms with Crippen molar-refractivity contribution in [1.29, 1.82) is 0 Å². The van der Waals surface area contributed by atoms with Crippen molar-refractivity contribution < 1.29 is 4.43 Å². The molecule has 1 nitrogen and oxygen atoms in total. The summed E-state index contributed by atoms with van der Waals surface area (Å²) in [4.78, 5) is 0. The molecule has 72 valence electrons. The van der Waals surface area contributed by atoms with Gasteiger partial charge in [0.2, 0.25) is 0 Å². The molecule has 0 aromatic carbocycles. The van der Waals surface area contributed by atoms with Crippen molar-refractivity contribution in [2.24, 2.45) is 5.92 Å². The Kier molecular flexibility index (Phi) is 3.35. The minimum atomic E-state index is -1.28. The Morgan fingerprint density at radius 1 is 1.25 bits per heavy atom. The molecular formula is C10H22OSi. The van der Waals surface area contributed by atoms with E-state index in [2.05, 4.69) is 26.6 Å². The van der Waals surface area contributed by atoms with Gasteiger partial charge in [-0.25, -0.2) is 0 Å². The van der Waals surface area contributed by atoms with Gasteiger partial charge in [0.25, 0.3) is 0 Å². The maximum Gasteiger partial charge on any atom is 0.184 e. The Bertz CT molecular complexity index is 139. The molecule has 0 aromatic rings. The standard InChI is InChI=1S/C10H22OSi/c1-5-9-7-6-8-10(9)11-12(2,3)4/h9-10H,5-8H2,1-4H3. The molecule has 12 heavy (non-hydrogen) atoms. The summed E-state index contributed by atoms with van der Waals surface area (Å²) in [5, 5.41) is 0. The van der Waals surface area contributed by atoms with Crippen molar-refractivity contribution in [3.05, 3.63) is 0 Å². The molecule has 2 heteroatoms. The zero-order valence-electron chi connectivity index (χ0n) is 8.89. The van der Waals surface area contributed by atoms with Crippen LogP contribution >= 0.6 is 0 Å². The van der Waals surface area contributed by atoms with Crippen molar-refractivity contribution in [3.63, 3.8) is 0 Å². The summed E-state index contributed by atoms with van der Waals surface area (Å²) < 4.78 is 6.14. The van der Waals surface area contributed by atoms with Crippen LogP contribution in [0.15, 0.2) is 0 Å². The van der Waals surface area contributed by atoms with Gasteiger partial charge >= 0.3 is 0 Å². The van der Waals surface area contributed by atoms with Crippen LogP contribution in [-0.4, -0.2) is 14.4 Å². The van der Waals surface area contributed by atoms with Crippen LogP contribution in [0.25, 0.3) is 0 Å². The fourth-order valence-electron chi connectivity index (χ4n) is 2.08. The lowest BCUT2D eigenvalue weighted by Crippen LogP contribution is -2.33. The Balaban J connectivity index is 2.41. The predicted octanol–water partition coefficient (Wildman–Crippen LogP) is 3.42. The fourth-order valence-corrected chi connectivity index (χ4v) is 3.30. The van der Waals surface area contributed by atoms with Gasteiger partial charge in [-0.05, 0) is 38.4 Å². The Labute approximate surface area is 77.6 Å². The maximum absolute atomic E-state index is 6.14. The van der Waals surface area contributed by atoms with Gasteiger partial charge in [-0.15, -0.1) is 0 Å². The molecule has 0 heterocycles. The molecule has 1 rings (SSSR count). The second-order valence-electron chi connectivity index (χ2n) is 4.87. The van der Waals surface area contributed by atoms with E-state index in [9.17, 15) is 0 Å². The smallest absolute Gasteiger partial charge is 0.184 e. The van der Waals surface area contributed by atoms with Gasteiger partial charge in [0.1, 0.15) is 0 Å². The van der Waals surface area contributed by atoms with E-state index in [1.165, 1.54) is 25.7 Å². The van der Waals surface area contributed by atoms with Crippen molar-refractivity contribution in [3.8, 4) is 0 Å². The van der Waals surface area contributed by atoms with E-state index >= 15 is 0 Å². The average Bonchev–Trinajstić information content (AvgIpc) is 2.31. The van der Waals surface area contributed by atoms with E-state index in [1.807, 2.05) is 0 Å². The summed E-state index contributed by atoms with van der Waals surface area (Å²) >= 11 is 0. The van der Waals surface area contributed by atoms with Crippen LogP contribution in [-0.2, 0) is 4.43 Å². The molecular weight excluding hydrogens is 164 g/mol. The zero-order valence-corrected chi connectivity index (χ0v) is 9.89. The molecule has 0 aromatic heterocycles. The van der Waals surface area contributed by atoms with E-state index in [-0.39, 0.29) is 0 Å². The third-order valence-electron chi connectivity index (χ3n) is 2.62. The second-order valence-corrected chi connectivity index (χ2v) is 9.33. The molecule has 1 fully saturated rings. The number of hydrogen-bond acceptors (Lipinski definition) is 1. The zero-order chi connectivity index (χ0) is 9.19. The van der Waals surface area contributed by atoms with Crippen LogP contribution in [0.5, 0.6) is 0 Å². The second kappa shape index (κ2) is 3.92. The highest BCUT2D eigenvalue weighted by Gasteiger charge is 2.30. The molecule has 1 aliphatic carbocycles. The molecule has 1 saturated carbocycles. The van der Waals surface area contributed by atoms with Crippen LogP contribution in [0, 0.1) is 5.92 Å². The van der Waals surface area contributed by atoms with E-state index in [1.54, 1.807) is 0 Å². The van der Waals surface area contributed by atoms with E-state index < -0.39 is 8.32 Å². The van der Waals surface area contributed by atoms with Crippen molar-refractivity contribution in [1.82, 2.24) is 0 Å². The summed E-state index contributed by atoms with van der Waals surface area (Å²) in [6.45, 7) is 9.16. The number of hydrogen-bond donors (Lipinski definition) is 0. The Morgan fingerprint density at radius 2 is 1.92 bits per heavy atom. The molecule has 0 radical (unpaired) electrons. The van der Waals surface area contributed by atoms with Gasteiger partial charge in [0, 0.05) is 6.10 Å². The third kappa shape index (κ3) is 2.90. The predicted molar refractivity (Wildman–Crippen MR) is 55.9 cm³/mol. The molecule has 0 saturated heterocycles. The first-order chi connectivity index (χ1) is 5.53. The average molecular weight is 186 g/mol. The van der Waals surface area contributed by atoms with Crippen molar-refractivity contribution in [2.75, 3.05) is 0 Å². The summed E-state index contributed by atoms with van der Waals surface area (Å²) in [6, 6.07) is 0. The van der Waals surface area contributed by atoms with Gasteiger partial charge in [-0.2, -0.15) is 0 Å². The first-order valence-corrected chi connectivity index (χ1v) is 8.61. The van der Waals surface area contributed by atoms with Gasteiger partial charge in [-0.1, -0.05) is 19.8 Å². The Hall–Kier alpha value is 0.177. The molecule has 2 unspecified atom stereocenters. The van der Waals surface area contributed by atoms with Gasteiger partial charge in [0.05, 0.1) is 0 Å².